The standard InChI is InChI=1S/C21H23N3O2.2C2H6/c1-26-20-13-18-16(14-24(23-18)17-10-6-3-7-11-17)12-19(20)22-21(25)15-8-4-2-5-9-15;2*1-2/h2,4-5,8-9,12-14,17H,3,6-7,10-11H2,1H3,(H,22,25);2*1-2H3. The molecule has 1 aliphatic rings. The third kappa shape index (κ3) is 5.62. The number of carbonyl (C=O) groups excluding carboxylic acids is 1. The number of aromatic nitrogens is 2. The number of rotatable bonds is 4. The minimum absolute atomic E-state index is 0.150. The lowest BCUT2D eigenvalue weighted by atomic mass is 9.96. The molecule has 0 unspecified atom stereocenters. The summed E-state index contributed by atoms with van der Waals surface area (Å²) < 4.78 is 7.57. The molecule has 0 spiro atoms. The number of amides is 1. The molecule has 4 rings (SSSR count). The van der Waals surface area contributed by atoms with Crippen LogP contribution in [0.3, 0.4) is 0 Å². The van der Waals surface area contributed by atoms with Crippen molar-refractivity contribution in [3.05, 3.63) is 54.2 Å². The SMILES string of the molecule is CC.CC.COc1cc2nn(C3CCCCC3)cc2cc1NC(=O)c1ccccc1. The van der Waals surface area contributed by atoms with E-state index >= 15 is 0 Å². The highest BCUT2D eigenvalue weighted by Crippen LogP contribution is 2.33. The van der Waals surface area contributed by atoms with Crippen molar-refractivity contribution in [3.63, 3.8) is 0 Å². The van der Waals surface area contributed by atoms with Crippen LogP contribution in [0.1, 0.15) is 76.2 Å². The Bertz CT molecular complexity index is 913. The van der Waals surface area contributed by atoms with Crippen LogP contribution in [0.5, 0.6) is 5.75 Å². The van der Waals surface area contributed by atoms with Gasteiger partial charge in [0.1, 0.15) is 5.75 Å². The maximum atomic E-state index is 12.5. The predicted molar refractivity (Wildman–Crippen MR) is 125 cm³/mol. The summed E-state index contributed by atoms with van der Waals surface area (Å²) in [4.78, 5) is 12.5. The molecule has 1 heterocycles. The summed E-state index contributed by atoms with van der Waals surface area (Å²) in [7, 11) is 1.61. The van der Waals surface area contributed by atoms with Crippen molar-refractivity contribution in [2.45, 2.75) is 65.8 Å². The molecule has 1 N–H and O–H groups in total. The van der Waals surface area contributed by atoms with Gasteiger partial charge in [0.25, 0.3) is 5.91 Å². The van der Waals surface area contributed by atoms with Gasteiger partial charge >= 0.3 is 0 Å². The van der Waals surface area contributed by atoms with E-state index in [0.717, 1.165) is 10.9 Å². The topological polar surface area (TPSA) is 56.1 Å². The Kier molecular flexibility index (Phi) is 9.39. The summed E-state index contributed by atoms with van der Waals surface area (Å²) in [6.45, 7) is 8.00. The zero-order valence-corrected chi connectivity index (χ0v) is 18.9. The molecule has 1 aromatic heterocycles. The largest absolute Gasteiger partial charge is 0.494 e. The zero-order chi connectivity index (χ0) is 21.9. The minimum atomic E-state index is -0.150. The lowest BCUT2D eigenvalue weighted by Gasteiger charge is -2.21. The molecule has 1 aliphatic carbocycles. The highest BCUT2D eigenvalue weighted by atomic mass is 16.5. The molecular weight excluding hydrogens is 374 g/mol. The van der Waals surface area contributed by atoms with Crippen molar-refractivity contribution in [2.75, 3.05) is 12.4 Å². The van der Waals surface area contributed by atoms with Gasteiger partial charge in [0.05, 0.1) is 24.4 Å². The van der Waals surface area contributed by atoms with Crippen molar-refractivity contribution in [3.8, 4) is 5.75 Å². The Morgan fingerprint density at radius 2 is 1.70 bits per heavy atom. The number of nitrogens with zero attached hydrogens (tertiary/aromatic N) is 2. The molecule has 0 atom stereocenters. The van der Waals surface area contributed by atoms with E-state index in [4.69, 9.17) is 9.84 Å². The number of methoxy groups -OCH3 is 1. The average Bonchev–Trinajstić information content (AvgIpc) is 3.25. The van der Waals surface area contributed by atoms with Gasteiger partial charge in [0.2, 0.25) is 0 Å². The normalized spacial score (nSPS) is 13.5. The first-order chi connectivity index (χ1) is 14.7. The molecule has 1 amide bonds. The van der Waals surface area contributed by atoms with Crippen molar-refractivity contribution in [1.29, 1.82) is 0 Å². The molecule has 162 valence electrons. The van der Waals surface area contributed by atoms with Crippen LogP contribution >= 0.6 is 0 Å². The number of ether oxygens (including phenoxy) is 1. The van der Waals surface area contributed by atoms with E-state index in [9.17, 15) is 4.79 Å². The van der Waals surface area contributed by atoms with Gasteiger partial charge in [-0.05, 0) is 31.0 Å². The third-order valence-corrected chi connectivity index (χ3v) is 5.08. The van der Waals surface area contributed by atoms with Crippen molar-refractivity contribution in [2.24, 2.45) is 0 Å². The lowest BCUT2D eigenvalue weighted by Crippen LogP contribution is -2.12. The maximum absolute atomic E-state index is 12.5. The number of carbonyl (C=O) groups is 1. The molecule has 0 bridgehead atoms. The van der Waals surface area contributed by atoms with E-state index in [1.807, 2.05) is 58.0 Å². The molecule has 1 fully saturated rings. The monoisotopic (exact) mass is 409 g/mol. The van der Waals surface area contributed by atoms with Gasteiger partial charge in [0, 0.05) is 23.2 Å². The quantitative estimate of drug-likeness (QED) is 0.512. The second kappa shape index (κ2) is 12.0. The fraction of sp³-hybridized carbons (Fsp3) is 0.440. The van der Waals surface area contributed by atoms with Gasteiger partial charge in [0.15, 0.2) is 0 Å². The third-order valence-electron chi connectivity index (χ3n) is 5.08. The molecule has 0 radical (unpaired) electrons. The molecule has 2 aromatic carbocycles. The molecule has 5 nitrogen and oxygen atoms in total. The molecule has 0 aliphatic heterocycles. The molecule has 30 heavy (non-hydrogen) atoms. The molecule has 0 saturated heterocycles. The van der Waals surface area contributed by atoms with E-state index in [1.165, 1.54) is 32.1 Å². The first kappa shape index (κ1) is 23.5. The van der Waals surface area contributed by atoms with Crippen LogP contribution in [-0.2, 0) is 0 Å². The van der Waals surface area contributed by atoms with Crippen LogP contribution in [0, 0.1) is 0 Å². The number of nitrogens with one attached hydrogen (secondary N) is 1. The fourth-order valence-electron chi connectivity index (χ4n) is 3.65. The summed E-state index contributed by atoms with van der Waals surface area (Å²) in [5.41, 5.74) is 2.18. The summed E-state index contributed by atoms with van der Waals surface area (Å²) in [5.74, 6) is 0.471. The van der Waals surface area contributed by atoms with Crippen LogP contribution in [0.25, 0.3) is 10.9 Å². The van der Waals surface area contributed by atoms with Crippen LogP contribution in [-0.4, -0.2) is 22.8 Å². The predicted octanol–water partition coefficient (Wildman–Crippen LogP) is 6.85. The Hall–Kier alpha value is -2.82. The van der Waals surface area contributed by atoms with Crippen molar-refractivity contribution in [1.82, 2.24) is 9.78 Å². The number of benzene rings is 2. The van der Waals surface area contributed by atoms with Gasteiger partial charge in [-0.1, -0.05) is 65.2 Å². The Morgan fingerprint density at radius 1 is 1.03 bits per heavy atom. The summed E-state index contributed by atoms with van der Waals surface area (Å²) in [5, 5.41) is 8.72. The number of fused-ring (bicyclic) bond motifs is 1. The highest BCUT2D eigenvalue weighted by Gasteiger charge is 2.18. The second-order valence-corrected chi connectivity index (χ2v) is 6.83. The van der Waals surface area contributed by atoms with E-state index in [-0.39, 0.29) is 5.91 Å². The summed E-state index contributed by atoms with van der Waals surface area (Å²) >= 11 is 0. The van der Waals surface area contributed by atoms with Crippen LogP contribution in [0.15, 0.2) is 48.7 Å². The van der Waals surface area contributed by atoms with Crippen LogP contribution < -0.4 is 10.1 Å². The number of hydrogen-bond acceptors (Lipinski definition) is 3. The van der Waals surface area contributed by atoms with Crippen molar-refractivity contribution >= 4 is 22.5 Å². The van der Waals surface area contributed by atoms with E-state index in [2.05, 4.69) is 16.2 Å². The lowest BCUT2D eigenvalue weighted by molar-refractivity contribution is 0.102. The smallest absolute Gasteiger partial charge is 0.255 e. The minimum Gasteiger partial charge on any atom is -0.494 e. The molecule has 5 heteroatoms. The van der Waals surface area contributed by atoms with Crippen molar-refractivity contribution < 1.29 is 9.53 Å². The van der Waals surface area contributed by atoms with E-state index in [0.29, 0.717) is 23.0 Å². The Labute approximate surface area is 180 Å². The van der Waals surface area contributed by atoms with Gasteiger partial charge in [-0.15, -0.1) is 0 Å². The number of hydrogen-bond donors (Lipinski definition) is 1. The highest BCUT2D eigenvalue weighted by molar-refractivity contribution is 6.06. The first-order valence-corrected chi connectivity index (χ1v) is 11.2. The second-order valence-electron chi connectivity index (χ2n) is 6.83. The van der Waals surface area contributed by atoms with E-state index < -0.39 is 0 Å². The van der Waals surface area contributed by atoms with Crippen LogP contribution in [0.2, 0.25) is 0 Å². The van der Waals surface area contributed by atoms with E-state index in [1.54, 1.807) is 19.2 Å². The average molecular weight is 410 g/mol. The van der Waals surface area contributed by atoms with Gasteiger partial charge < -0.3 is 10.1 Å². The fourth-order valence-corrected chi connectivity index (χ4v) is 3.65. The zero-order valence-electron chi connectivity index (χ0n) is 18.9. The first-order valence-electron chi connectivity index (χ1n) is 11.2. The Balaban J connectivity index is 0.000000757. The summed E-state index contributed by atoms with van der Waals surface area (Å²) in [6.07, 6.45) is 8.31. The maximum Gasteiger partial charge on any atom is 0.255 e. The van der Waals surface area contributed by atoms with Gasteiger partial charge in [-0.3, -0.25) is 9.48 Å². The molecular formula is C25H35N3O2. The summed E-state index contributed by atoms with van der Waals surface area (Å²) in [6, 6.07) is 13.5. The Morgan fingerprint density at radius 3 is 2.33 bits per heavy atom. The van der Waals surface area contributed by atoms with Crippen LogP contribution in [0.4, 0.5) is 5.69 Å². The molecule has 1 saturated carbocycles. The van der Waals surface area contributed by atoms with Gasteiger partial charge in [-0.25, -0.2) is 0 Å². The number of anilines is 1. The van der Waals surface area contributed by atoms with Gasteiger partial charge in [-0.2, -0.15) is 5.10 Å². The molecule has 3 aromatic rings.